The van der Waals surface area contributed by atoms with Crippen LogP contribution in [0.2, 0.25) is 0 Å². The second-order valence-electron chi connectivity index (χ2n) is 5.23. The summed E-state index contributed by atoms with van der Waals surface area (Å²) < 4.78 is 0. The lowest BCUT2D eigenvalue weighted by Crippen LogP contribution is -2.15. The molecule has 0 radical (unpaired) electrons. The Morgan fingerprint density at radius 1 is 1.21 bits per heavy atom. The van der Waals surface area contributed by atoms with E-state index >= 15 is 0 Å². The molecule has 84 valence electrons. The van der Waals surface area contributed by atoms with Gasteiger partial charge in [0.1, 0.15) is 0 Å². The lowest BCUT2D eigenvalue weighted by atomic mass is 9.78. The van der Waals surface area contributed by atoms with Crippen molar-refractivity contribution in [1.29, 1.82) is 0 Å². The summed E-state index contributed by atoms with van der Waals surface area (Å²) in [5, 5.41) is 0. The molecule has 0 saturated heterocycles. The number of hydrogen-bond acceptors (Lipinski definition) is 0. The maximum Gasteiger partial charge on any atom is -0.0234 e. The lowest BCUT2D eigenvalue weighted by molar-refractivity contribution is 0.258. The Kier molecular flexibility index (Phi) is 6.96. The molecule has 0 fully saturated rings. The summed E-state index contributed by atoms with van der Waals surface area (Å²) in [5.74, 6) is 0.714. The predicted molar refractivity (Wildman–Crippen MR) is 66.5 cm³/mol. The predicted octanol–water partition coefficient (Wildman–Crippen LogP) is 5.20. The molecule has 0 aliphatic carbocycles. The third-order valence-corrected chi connectivity index (χ3v) is 3.13. The average molecular weight is 196 g/mol. The number of rotatable bonds is 8. The zero-order valence-corrected chi connectivity index (χ0v) is 10.6. The first-order valence-corrected chi connectivity index (χ1v) is 6.18. The van der Waals surface area contributed by atoms with Gasteiger partial charge < -0.3 is 0 Å². The van der Waals surface area contributed by atoms with Crippen LogP contribution in [0.4, 0.5) is 0 Å². The van der Waals surface area contributed by atoms with Crippen LogP contribution in [0.3, 0.4) is 0 Å². The van der Waals surface area contributed by atoms with Crippen molar-refractivity contribution in [3.63, 3.8) is 0 Å². The molecule has 0 bridgehead atoms. The van der Waals surface area contributed by atoms with Gasteiger partial charge in [0.15, 0.2) is 0 Å². The Morgan fingerprint density at radius 2 is 1.86 bits per heavy atom. The summed E-state index contributed by atoms with van der Waals surface area (Å²) in [6, 6.07) is 0. The molecule has 0 nitrogen and oxygen atoms in total. The van der Waals surface area contributed by atoms with Gasteiger partial charge in [-0.25, -0.2) is 0 Å². The van der Waals surface area contributed by atoms with E-state index in [4.69, 9.17) is 0 Å². The first-order chi connectivity index (χ1) is 6.55. The first-order valence-electron chi connectivity index (χ1n) is 6.18. The summed E-state index contributed by atoms with van der Waals surface area (Å²) in [4.78, 5) is 0. The van der Waals surface area contributed by atoms with E-state index < -0.39 is 0 Å². The van der Waals surface area contributed by atoms with Gasteiger partial charge >= 0.3 is 0 Å². The second-order valence-corrected chi connectivity index (χ2v) is 5.23. The molecule has 1 atom stereocenters. The van der Waals surface area contributed by atoms with Gasteiger partial charge in [-0.15, -0.1) is 6.58 Å². The van der Waals surface area contributed by atoms with Crippen LogP contribution in [0.15, 0.2) is 12.7 Å². The van der Waals surface area contributed by atoms with Gasteiger partial charge in [-0.3, -0.25) is 0 Å². The van der Waals surface area contributed by atoms with Gasteiger partial charge in [-0.1, -0.05) is 53.0 Å². The summed E-state index contributed by atoms with van der Waals surface area (Å²) in [6.07, 6.45) is 10.1. The van der Waals surface area contributed by atoms with Crippen molar-refractivity contribution in [3.05, 3.63) is 12.7 Å². The fourth-order valence-corrected chi connectivity index (χ4v) is 2.06. The highest BCUT2D eigenvalue weighted by Crippen LogP contribution is 2.32. The zero-order valence-electron chi connectivity index (χ0n) is 10.6. The van der Waals surface area contributed by atoms with Gasteiger partial charge in [-0.2, -0.15) is 0 Å². The maximum atomic E-state index is 3.91. The van der Waals surface area contributed by atoms with Crippen LogP contribution in [-0.4, -0.2) is 0 Å². The molecular weight excluding hydrogens is 168 g/mol. The highest BCUT2D eigenvalue weighted by molar-refractivity contribution is 4.83. The highest BCUT2D eigenvalue weighted by atomic mass is 14.3. The topological polar surface area (TPSA) is 0 Å². The van der Waals surface area contributed by atoms with E-state index in [0.29, 0.717) is 11.3 Å². The number of unbranched alkanes of at least 4 members (excludes halogenated alkanes) is 2. The molecule has 0 heterocycles. The van der Waals surface area contributed by atoms with Crippen LogP contribution in [-0.2, 0) is 0 Å². The summed E-state index contributed by atoms with van der Waals surface area (Å²) in [6.45, 7) is 13.2. The molecule has 0 aromatic heterocycles. The number of allylic oxidation sites excluding steroid dienone is 1. The Bertz CT molecular complexity index is 144. The Labute approximate surface area is 90.8 Å². The molecule has 0 aliphatic heterocycles. The summed E-state index contributed by atoms with van der Waals surface area (Å²) in [5.41, 5.74) is 0.504. The van der Waals surface area contributed by atoms with Crippen LogP contribution in [0.5, 0.6) is 0 Å². The normalized spacial score (nSPS) is 14.0. The van der Waals surface area contributed by atoms with E-state index in [0.717, 1.165) is 0 Å². The monoisotopic (exact) mass is 196 g/mol. The lowest BCUT2D eigenvalue weighted by Gasteiger charge is -2.28. The minimum absolute atomic E-state index is 0.504. The molecule has 0 N–H and O–H groups in total. The smallest absolute Gasteiger partial charge is 0.0234 e. The molecule has 0 spiro atoms. The quantitative estimate of drug-likeness (QED) is 0.370. The fraction of sp³-hybridized carbons (Fsp3) is 0.857. The molecule has 0 aromatic carbocycles. The SMILES string of the molecule is C=CC(CC)CC(C)(C)CCCCC. The molecular formula is C14H28. The van der Waals surface area contributed by atoms with Crippen molar-refractivity contribution in [2.75, 3.05) is 0 Å². The zero-order chi connectivity index (χ0) is 11.0. The average Bonchev–Trinajstić information content (AvgIpc) is 2.14. The van der Waals surface area contributed by atoms with Crippen LogP contribution in [0.1, 0.15) is 66.2 Å². The highest BCUT2D eigenvalue weighted by Gasteiger charge is 2.20. The van der Waals surface area contributed by atoms with Crippen LogP contribution in [0, 0.1) is 11.3 Å². The molecule has 0 amide bonds. The molecule has 1 unspecified atom stereocenters. The van der Waals surface area contributed by atoms with Gasteiger partial charge in [0.25, 0.3) is 0 Å². The van der Waals surface area contributed by atoms with Gasteiger partial charge in [0.05, 0.1) is 0 Å². The Balaban J connectivity index is 3.85. The van der Waals surface area contributed by atoms with E-state index in [9.17, 15) is 0 Å². The third kappa shape index (κ3) is 6.23. The Morgan fingerprint density at radius 3 is 2.29 bits per heavy atom. The fourth-order valence-electron chi connectivity index (χ4n) is 2.06. The number of hydrogen-bond donors (Lipinski definition) is 0. The Hall–Kier alpha value is -0.260. The van der Waals surface area contributed by atoms with Crippen molar-refractivity contribution < 1.29 is 0 Å². The first kappa shape index (κ1) is 13.7. The summed E-state index contributed by atoms with van der Waals surface area (Å²) >= 11 is 0. The molecule has 0 aromatic rings. The van der Waals surface area contributed by atoms with Crippen LogP contribution < -0.4 is 0 Å². The largest absolute Gasteiger partial charge is 0.103 e. The molecule has 0 heteroatoms. The molecule has 0 rings (SSSR count). The second kappa shape index (κ2) is 7.09. The molecule has 0 saturated carbocycles. The van der Waals surface area contributed by atoms with E-state index in [1.54, 1.807) is 0 Å². The molecule has 14 heavy (non-hydrogen) atoms. The summed E-state index contributed by atoms with van der Waals surface area (Å²) in [7, 11) is 0. The molecule has 0 aliphatic rings. The van der Waals surface area contributed by atoms with Gasteiger partial charge in [0.2, 0.25) is 0 Å². The van der Waals surface area contributed by atoms with Crippen molar-refractivity contribution >= 4 is 0 Å². The van der Waals surface area contributed by atoms with Crippen molar-refractivity contribution in [2.45, 2.75) is 66.2 Å². The third-order valence-electron chi connectivity index (χ3n) is 3.13. The maximum absolute atomic E-state index is 3.91. The van der Waals surface area contributed by atoms with E-state index in [1.165, 1.54) is 38.5 Å². The van der Waals surface area contributed by atoms with Gasteiger partial charge in [-0.05, 0) is 30.6 Å². The van der Waals surface area contributed by atoms with Crippen molar-refractivity contribution in [2.24, 2.45) is 11.3 Å². The minimum Gasteiger partial charge on any atom is -0.103 e. The van der Waals surface area contributed by atoms with Crippen LogP contribution >= 0.6 is 0 Å². The van der Waals surface area contributed by atoms with Crippen molar-refractivity contribution in [3.8, 4) is 0 Å². The van der Waals surface area contributed by atoms with E-state index in [2.05, 4.69) is 40.3 Å². The standard InChI is InChI=1S/C14H28/c1-6-9-10-11-14(4,5)12-13(7-2)8-3/h7,13H,2,6,8-12H2,1,3-5H3. The van der Waals surface area contributed by atoms with Crippen LogP contribution in [0.25, 0.3) is 0 Å². The minimum atomic E-state index is 0.504. The van der Waals surface area contributed by atoms with Gasteiger partial charge in [0, 0.05) is 0 Å². The van der Waals surface area contributed by atoms with E-state index in [-0.39, 0.29) is 0 Å². The van der Waals surface area contributed by atoms with Crippen molar-refractivity contribution in [1.82, 2.24) is 0 Å². The van der Waals surface area contributed by atoms with E-state index in [1.807, 2.05) is 0 Å².